The number of hydrogen-bond acceptors (Lipinski definition) is 7. The predicted molar refractivity (Wildman–Crippen MR) is 111 cm³/mol. The van der Waals surface area contributed by atoms with Gasteiger partial charge in [-0.25, -0.2) is 14.6 Å². The van der Waals surface area contributed by atoms with E-state index >= 15 is 0 Å². The number of alkyl carbamates (subject to hydrolysis) is 1. The summed E-state index contributed by atoms with van der Waals surface area (Å²) in [5.74, 6) is -0.471. The highest BCUT2D eigenvalue weighted by Gasteiger charge is 2.31. The van der Waals surface area contributed by atoms with E-state index < -0.39 is 12.1 Å². The van der Waals surface area contributed by atoms with Crippen LogP contribution in [0, 0.1) is 6.92 Å². The van der Waals surface area contributed by atoms with E-state index in [0.29, 0.717) is 19.5 Å². The number of nitrogens with zero attached hydrogens (tertiary/aromatic N) is 2. The molecule has 2 heterocycles. The Morgan fingerprint density at radius 1 is 1.20 bits per heavy atom. The maximum absolute atomic E-state index is 12.2. The molecule has 0 unspecified atom stereocenters. The number of methoxy groups -OCH3 is 2. The monoisotopic (exact) mass is 413 g/mol. The van der Waals surface area contributed by atoms with Crippen molar-refractivity contribution in [2.45, 2.75) is 32.1 Å². The van der Waals surface area contributed by atoms with Gasteiger partial charge >= 0.3 is 12.1 Å². The number of ether oxygens (including phenoxy) is 3. The van der Waals surface area contributed by atoms with Crippen molar-refractivity contribution < 1.29 is 23.8 Å². The average molecular weight is 413 g/mol. The molecule has 1 saturated heterocycles. The Morgan fingerprint density at radius 2 is 1.97 bits per heavy atom. The number of piperidine rings is 1. The van der Waals surface area contributed by atoms with Crippen LogP contribution in [-0.4, -0.2) is 56.5 Å². The highest BCUT2D eigenvalue weighted by Crippen LogP contribution is 2.23. The van der Waals surface area contributed by atoms with Crippen LogP contribution in [0.2, 0.25) is 0 Å². The standard InChI is InChI=1S/C22H27N3O5/c1-15-11-17(12-19(23-15)21(26)29-3)25-10-9-18(20(13-25)28-2)24-22(27)30-14-16-7-5-4-6-8-16/h4-8,11-12,18,20H,9-10,13-14H2,1-3H3,(H,24,27)/t18-,20+/m1/s1. The minimum absolute atomic E-state index is 0.169. The summed E-state index contributed by atoms with van der Waals surface area (Å²) < 4.78 is 15.7. The summed E-state index contributed by atoms with van der Waals surface area (Å²) >= 11 is 0. The number of aromatic nitrogens is 1. The van der Waals surface area contributed by atoms with Gasteiger partial charge in [0, 0.05) is 31.6 Å². The number of carbonyl (C=O) groups is 2. The number of aryl methyl sites for hydroxylation is 1. The Bertz CT molecular complexity index is 874. The fourth-order valence-corrected chi connectivity index (χ4v) is 3.51. The van der Waals surface area contributed by atoms with Crippen LogP contribution in [0.3, 0.4) is 0 Å². The van der Waals surface area contributed by atoms with Gasteiger partial charge in [0.05, 0.1) is 19.3 Å². The number of benzene rings is 1. The second kappa shape index (κ2) is 10.1. The fraction of sp³-hybridized carbons (Fsp3) is 0.409. The van der Waals surface area contributed by atoms with Crippen molar-refractivity contribution in [3.63, 3.8) is 0 Å². The van der Waals surface area contributed by atoms with Gasteiger partial charge in [-0.15, -0.1) is 0 Å². The number of amides is 1. The lowest BCUT2D eigenvalue weighted by Gasteiger charge is -2.39. The molecule has 0 saturated carbocycles. The molecule has 1 aromatic heterocycles. The van der Waals surface area contributed by atoms with Crippen molar-refractivity contribution in [3.05, 3.63) is 59.4 Å². The second-order valence-corrected chi connectivity index (χ2v) is 7.16. The van der Waals surface area contributed by atoms with E-state index in [9.17, 15) is 9.59 Å². The first-order valence-corrected chi connectivity index (χ1v) is 9.82. The molecule has 0 radical (unpaired) electrons. The van der Waals surface area contributed by atoms with Gasteiger partial charge < -0.3 is 24.4 Å². The van der Waals surface area contributed by atoms with Crippen LogP contribution in [-0.2, 0) is 20.8 Å². The topological polar surface area (TPSA) is 90.0 Å². The molecule has 1 aliphatic heterocycles. The first-order valence-electron chi connectivity index (χ1n) is 9.82. The van der Waals surface area contributed by atoms with E-state index in [-0.39, 0.29) is 24.4 Å². The van der Waals surface area contributed by atoms with Crippen molar-refractivity contribution in [3.8, 4) is 0 Å². The fourth-order valence-electron chi connectivity index (χ4n) is 3.51. The van der Waals surface area contributed by atoms with Crippen molar-refractivity contribution in [2.24, 2.45) is 0 Å². The third-order valence-electron chi connectivity index (χ3n) is 5.08. The molecular formula is C22H27N3O5. The molecule has 1 aliphatic rings. The first kappa shape index (κ1) is 21.6. The average Bonchev–Trinajstić information content (AvgIpc) is 2.77. The van der Waals surface area contributed by atoms with E-state index in [2.05, 4.69) is 15.2 Å². The van der Waals surface area contributed by atoms with Crippen LogP contribution in [0.1, 0.15) is 28.2 Å². The molecule has 1 fully saturated rings. The number of carbonyl (C=O) groups excluding carboxylic acids is 2. The molecular weight excluding hydrogens is 386 g/mol. The number of esters is 1. The largest absolute Gasteiger partial charge is 0.464 e. The van der Waals surface area contributed by atoms with Crippen LogP contribution >= 0.6 is 0 Å². The van der Waals surface area contributed by atoms with Crippen LogP contribution in [0.5, 0.6) is 0 Å². The zero-order valence-electron chi connectivity index (χ0n) is 17.5. The number of hydrogen-bond donors (Lipinski definition) is 1. The Balaban J connectivity index is 1.60. The zero-order chi connectivity index (χ0) is 21.5. The molecule has 2 aromatic rings. The normalized spacial score (nSPS) is 18.6. The summed E-state index contributed by atoms with van der Waals surface area (Å²) in [6, 6.07) is 13.0. The molecule has 1 amide bonds. The zero-order valence-corrected chi connectivity index (χ0v) is 17.5. The van der Waals surface area contributed by atoms with Crippen molar-refractivity contribution in [1.82, 2.24) is 10.3 Å². The molecule has 3 rings (SSSR count). The Labute approximate surface area is 176 Å². The number of nitrogens with one attached hydrogen (secondary N) is 1. The number of pyridine rings is 1. The lowest BCUT2D eigenvalue weighted by Crippen LogP contribution is -2.55. The Kier molecular flexibility index (Phi) is 7.24. The summed E-state index contributed by atoms with van der Waals surface area (Å²) in [6.45, 7) is 3.30. The van der Waals surface area contributed by atoms with E-state index in [0.717, 1.165) is 16.9 Å². The molecule has 1 aromatic carbocycles. The van der Waals surface area contributed by atoms with Crippen LogP contribution in [0.15, 0.2) is 42.5 Å². The SMILES string of the molecule is COC(=O)c1cc(N2CC[C@@H](NC(=O)OCc3ccccc3)[C@@H](OC)C2)cc(C)n1. The minimum atomic E-state index is -0.471. The molecule has 0 spiro atoms. The van der Waals surface area contributed by atoms with E-state index in [1.54, 1.807) is 13.2 Å². The highest BCUT2D eigenvalue weighted by molar-refractivity contribution is 5.88. The van der Waals surface area contributed by atoms with Crippen molar-refractivity contribution in [1.29, 1.82) is 0 Å². The van der Waals surface area contributed by atoms with Gasteiger partial charge in [0.2, 0.25) is 0 Å². The van der Waals surface area contributed by atoms with Crippen LogP contribution in [0.4, 0.5) is 10.5 Å². The summed E-state index contributed by atoms with van der Waals surface area (Å²) in [5, 5.41) is 2.91. The summed E-state index contributed by atoms with van der Waals surface area (Å²) in [6.07, 6.45) is -0.0152. The molecule has 0 bridgehead atoms. The second-order valence-electron chi connectivity index (χ2n) is 7.16. The maximum Gasteiger partial charge on any atom is 0.407 e. The molecule has 1 N–H and O–H groups in total. The Morgan fingerprint density at radius 3 is 2.67 bits per heavy atom. The quantitative estimate of drug-likeness (QED) is 0.728. The van der Waals surface area contributed by atoms with E-state index in [4.69, 9.17) is 14.2 Å². The van der Waals surface area contributed by atoms with E-state index in [1.807, 2.05) is 43.3 Å². The number of rotatable bonds is 6. The van der Waals surface area contributed by atoms with Gasteiger partial charge in [0.15, 0.2) is 5.69 Å². The third kappa shape index (κ3) is 5.48. The van der Waals surface area contributed by atoms with Gasteiger partial charge in [-0.1, -0.05) is 30.3 Å². The number of anilines is 1. The summed E-state index contributed by atoms with van der Waals surface area (Å²) in [5.41, 5.74) is 2.80. The highest BCUT2D eigenvalue weighted by atomic mass is 16.5. The maximum atomic E-state index is 12.2. The molecule has 8 heteroatoms. The Hall–Kier alpha value is -3.13. The predicted octanol–water partition coefficient (Wildman–Crippen LogP) is 2.70. The lowest BCUT2D eigenvalue weighted by atomic mass is 10.0. The van der Waals surface area contributed by atoms with Gasteiger partial charge in [-0.3, -0.25) is 0 Å². The smallest absolute Gasteiger partial charge is 0.407 e. The van der Waals surface area contributed by atoms with Crippen molar-refractivity contribution >= 4 is 17.7 Å². The van der Waals surface area contributed by atoms with Crippen LogP contribution < -0.4 is 10.2 Å². The van der Waals surface area contributed by atoms with Gasteiger partial charge in [-0.2, -0.15) is 0 Å². The molecule has 30 heavy (non-hydrogen) atoms. The molecule has 8 nitrogen and oxygen atoms in total. The molecule has 2 atom stereocenters. The van der Waals surface area contributed by atoms with Gasteiger partial charge in [0.25, 0.3) is 0 Å². The summed E-state index contributed by atoms with van der Waals surface area (Å²) in [4.78, 5) is 30.4. The van der Waals surface area contributed by atoms with Gasteiger partial charge in [-0.05, 0) is 31.0 Å². The van der Waals surface area contributed by atoms with E-state index in [1.165, 1.54) is 7.11 Å². The van der Waals surface area contributed by atoms with Gasteiger partial charge in [0.1, 0.15) is 6.61 Å². The minimum Gasteiger partial charge on any atom is -0.464 e. The first-order chi connectivity index (χ1) is 14.5. The summed E-state index contributed by atoms with van der Waals surface area (Å²) in [7, 11) is 2.96. The lowest BCUT2D eigenvalue weighted by molar-refractivity contribution is 0.0545. The van der Waals surface area contributed by atoms with Crippen LogP contribution in [0.25, 0.3) is 0 Å². The third-order valence-corrected chi connectivity index (χ3v) is 5.08. The molecule has 0 aliphatic carbocycles. The molecule has 160 valence electrons. The van der Waals surface area contributed by atoms with Crippen molar-refractivity contribution in [2.75, 3.05) is 32.2 Å².